The first-order valence-corrected chi connectivity index (χ1v) is 9.51. The lowest BCUT2D eigenvalue weighted by Crippen LogP contribution is -2.48. The van der Waals surface area contributed by atoms with E-state index >= 15 is 0 Å². The third-order valence-corrected chi connectivity index (χ3v) is 4.91. The summed E-state index contributed by atoms with van der Waals surface area (Å²) in [5, 5.41) is 14.7. The number of phenolic OH excluding ortho intramolecular Hbond substituents is 1. The van der Waals surface area contributed by atoms with Gasteiger partial charge in [0.1, 0.15) is 0 Å². The fourth-order valence-corrected chi connectivity index (χ4v) is 3.25. The van der Waals surface area contributed by atoms with Crippen molar-refractivity contribution in [2.45, 2.75) is 51.5 Å². The molecule has 0 aromatic heterocycles. The molecule has 1 aliphatic carbocycles. The Morgan fingerprint density at radius 3 is 2.64 bits per heavy atom. The molecule has 0 spiro atoms. The number of aromatic hydroxyl groups is 1. The first-order valence-electron chi connectivity index (χ1n) is 9.51. The summed E-state index contributed by atoms with van der Waals surface area (Å²) in [7, 11) is 1.45. The highest BCUT2D eigenvalue weighted by Gasteiger charge is 2.23. The molecule has 1 saturated carbocycles. The smallest absolute Gasteiger partial charge is 0.321 e. The number of benzene rings is 1. The van der Waals surface area contributed by atoms with Crippen LogP contribution in [0, 0.1) is 5.92 Å². The Morgan fingerprint density at radius 1 is 1.21 bits per heavy atom. The summed E-state index contributed by atoms with van der Waals surface area (Å²) in [6.07, 6.45) is 4.57. The van der Waals surface area contributed by atoms with Crippen molar-refractivity contribution in [2.75, 3.05) is 13.7 Å². The number of phenols is 1. The zero-order valence-electron chi connectivity index (χ0n) is 16.3. The predicted molar refractivity (Wildman–Crippen MR) is 102 cm³/mol. The summed E-state index contributed by atoms with van der Waals surface area (Å²) in [4.78, 5) is 35.4. The van der Waals surface area contributed by atoms with E-state index in [1.54, 1.807) is 12.1 Å². The molecule has 1 aromatic rings. The number of amides is 3. The van der Waals surface area contributed by atoms with Gasteiger partial charge in [0.2, 0.25) is 0 Å². The number of nitrogens with one attached hydrogen (secondary N) is 2. The number of esters is 1. The minimum atomic E-state index is -0.670. The number of methoxy groups -OCH3 is 1. The molecule has 8 nitrogen and oxygen atoms in total. The molecule has 1 aromatic carbocycles. The SMILES string of the molecule is COc1ccc(CCC(=O)OCC(=O)NC(=O)NC2CCCCC2C)cc1O. The molecule has 0 aliphatic heterocycles. The average Bonchev–Trinajstić information content (AvgIpc) is 2.66. The lowest BCUT2D eigenvalue weighted by atomic mass is 9.86. The fraction of sp³-hybridized carbons (Fsp3) is 0.550. The zero-order valence-corrected chi connectivity index (χ0v) is 16.3. The van der Waals surface area contributed by atoms with E-state index in [0.717, 1.165) is 31.2 Å². The van der Waals surface area contributed by atoms with Crippen molar-refractivity contribution in [1.29, 1.82) is 0 Å². The maximum atomic E-state index is 11.9. The summed E-state index contributed by atoms with van der Waals surface area (Å²) < 4.78 is 9.85. The number of ether oxygens (including phenoxy) is 2. The maximum absolute atomic E-state index is 11.9. The Morgan fingerprint density at radius 2 is 1.96 bits per heavy atom. The molecule has 8 heteroatoms. The van der Waals surface area contributed by atoms with E-state index in [4.69, 9.17) is 9.47 Å². The molecular formula is C20H28N2O6. The lowest BCUT2D eigenvalue weighted by molar-refractivity contribution is -0.148. The number of hydrogen-bond acceptors (Lipinski definition) is 6. The third kappa shape index (κ3) is 6.75. The van der Waals surface area contributed by atoms with E-state index in [1.165, 1.54) is 13.2 Å². The zero-order chi connectivity index (χ0) is 20.5. The number of imide groups is 1. The predicted octanol–water partition coefficient (Wildman–Crippen LogP) is 2.28. The van der Waals surface area contributed by atoms with Crippen LogP contribution in [0.15, 0.2) is 18.2 Å². The molecule has 3 amide bonds. The van der Waals surface area contributed by atoms with Crippen molar-refractivity contribution >= 4 is 17.9 Å². The van der Waals surface area contributed by atoms with Gasteiger partial charge in [0.15, 0.2) is 18.1 Å². The van der Waals surface area contributed by atoms with E-state index in [2.05, 4.69) is 17.6 Å². The molecule has 28 heavy (non-hydrogen) atoms. The fourth-order valence-electron chi connectivity index (χ4n) is 3.25. The normalized spacial score (nSPS) is 18.8. The van der Waals surface area contributed by atoms with Gasteiger partial charge in [0, 0.05) is 12.5 Å². The summed E-state index contributed by atoms with van der Waals surface area (Å²) in [6.45, 7) is 1.57. The van der Waals surface area contributed by atoms with E-state index in [-0.39, 0.29) is 18.2 Å². The summed E-state index contributed by atoms with van der Waals surface area (Å²) in [5.74, 6) is -0.511. The minimum absolute atomic E-state index is 0.00829. The first kappa shape index (κ1) is 21.5. The second-order valence-corrected chi connectivity index (χ2v) is 7.06. The van der Waals surface area contributed by atoms with Crippen LogP contribution in [0.2, 0.25) is 0 Å². The second-order valence-electron chi connectivity index (χ2n) is 7.06. The van der Waals surface area contributed by atoms with Crippen molar-refractivity contribution < 1.29 is 29.0 Å². The molecule has 2 unspecified atom stereocenters. The van der Waals surface area contributed by atoms with Gasteiger partial charge in [-0.3, -0.25) is 14.9 Å². The van der Waals surface area contributed by atoms with Gasteiger partial charge in [-0.1, -0.05) is 25.8 Å². The lowest BCUT2D eigenvalue weighted by Gasteiger charge is -2.29. The van der Waals surface area contributed by atoms with Crippen LogP contribution < -0.4 is 15.4 Å². The van der Waals surface area contributed by atoms with Gasteiger partial charge >= 0.3 is 12.0 Å². The van der Waals surface area contributed by atoms with Crippen LogP contribution in [0.4, 0.5) is 4.79 Å². The Labute approximate surface area is 164 Å². The number of carbonyl (C=O) groups is 3. The Kier molecular flexibility index (Phi) is 8.10. The molecule has 0 bridgehead atoms. The summed E-state index contributed by atoms with van der Waals surface area (Å²) >= 11 is 0. The van der Waals surface area contributed by atoms with E-state index in [0.29, 0.717) is 18.1 Å². The van der Waals surface area contributed by atoms with Crippen LogP contribution in [-0.2, 0) is 20.7 Å². The van der Waals surface area contributed by atoms with Crippen LogP contribution >= 0.6 is 0 Å². The van der Waals surface area contributed by atoms with Crippen molar-refractivity contribution in [3.63, 3.8) is 0 Å². The molecule has 1 fully saturated rings. The first-order chi connectivity index (χ1) is 13.4. The summed E-state index contributed by atoms with van der Waals surface area (Å²) in [5.41, 5.74) is 0.737. The highest BCUT2D eigenvalue weighted by Crippen LogP contribution is 2.26. The molecule has 0 saturated heterocycles. The van der Waals surface area contributed by atoms with Crippen LogP contribution in [0.5, 0.6) is 11.5 Å². The van der Waals surface area contributed by atoms with Crippen LogP contribution in [0.1, 0.15) is 44.6 Å². The van der Waals surface area contributed by atoms with Crippen LogP contribution in [0.25, 0.3) is 0 Å². The van der Waals surface area contributed by atoms with Gasteiger partial charge in [-0.25, -0.2) is 4.79 Å². The minimum Gasteiger partial charge on any atom is -0.504 e. The van der Waals surface area contributed by atoms with Crippen LogP contribution in [-0.4, -0.2) is 42.8 Å². The number of rotatable bonds is 7. The highest BCUT2D eigenvalue weighted by atomic mass is 16.5. The van der Waals surface area contributed by atoms with Crippen LogP contribution in [0.3, 0.4) is 0 Å². The highest BCUT2D eigenvalue weighted by molar-refractivity contribution is 5.95. The maximum Gasteiger partial charge on any atom is 0.321 e. The number of urea groups is 1. The molecule has 3 N–H and O–H groups in total. The molecular weight excluding hydrogens is 364 g/mol. The Bertz CT molecular complexity index is 706. The topological polar surface area (TPSA) is 114 Å². The summed E-state index contributed by atoms with van der Waals surface area (Å²) in [6, 6.07) is 4.35. The van der Waals surface area contributed by atoms with Gasteiger partial charge in [-0.05, 0) is 42.9 Å². The second kappa shape index (κ2) is 10.5. The molecule has 0 heterocycles. The Hall–Kier alpha value is -2.77. The molecule has 0 radical (unpaired) electrons. The molecule has 1 aliphatic rings. The van der Waals surface area contributed by atoms with Crippen molar-refractivity contribution in [3.8, 4) is 11.5 Å². The van der Waals surface area contributed by atoms with E-state index in [1.807, 2.05) is 0 Å². The van der Waals surface area contributed by atoms with Gasteiger partial charge in [0.25, 0.3) is 5.91 Å². The monoisotopic (exact) mass is 392 g/mol. The molecule has 2 atom stereocenters. The number of hydrogen-bond donors (Lipinski definition) is 3. The van der Waals surface area contributed by atoms with Crippen molar-refractivity contribution in [2.24, 2.45) is 5.92 Å². The quantitative estimate of drug-likeness (QED) is 0.614. The molecule has 154 valence electrons. The van der Waals surface area contributed by atoms with Gasteiger partial charge in [-0.15, -0.1) is 0 Å². The van der Waals surface area contributed by atoms with Gasteiger partial charge in [-0.2, -0.15) is 0 Å². The van der Waals surface area contributed by atoms with E-state index < -0.39 is 24.5 Å². The third-order valence-electron chi connectivity index (χ3n) is 4.91. The number of carbonyl (C=O) groups excluding carboxylic acids is 3. The van der Waals surface area contributed by atoms with Gasteiger partial charge < -0.3 is 19.9 Å². The number of aryl methyl sites for hydroxylation is 1. The van der Waals surface area contributed by atoms with Crippen molar-refractivity contribution in [3.05, 3.63) is 23.8 Å². The largest absolute Gasteiger partial charge is 0.504 e. The van der Waals surface area contributed by atoms with Gasteiger partial charge in [0.05, 0.1) is 7.11 Å². The van der Waals surface area contributed by atoms with E-state index in [9.17, 15) is 19.5 Å². The average molecular weight is 392 g/mol. The Balaban J connectivity index is 1.66. The molecule has 2 rings (SSSR count). The standard InChI is InChI=1S/C20H28N2O6/c1-13-5-3-4-6-15(13)21-20(26)22-18(24)12-28-19(25)10-8-14-7-9-17(27-2)16(23)11-14/h7,9,11,13,15,23H,3-6,8,10,12H2,1-2H3,(H2,21,22,24,26). The van der Waals surface area contributed by atoms with Crippen molar-refractivity contribution in [1.82, 2.24) is 10.6 Å².